The molecule has 0 aromatic carbocycles. The summed E-state index contributed by atoms with van der Waals surface area (Å²) < 4.78 is 5.37. The van der Waals surface area contributed by atoms with E-state index >= 15 is 0 Å². The molecule has 0 fully saturated rings. The molecule has 0 aliphatic carbocycles. The summed E-state index contributed by atoms with van der Waals surface area (Å²) >= 11 is 3.44. The van der Waals surface area contributed by atoms with Gasteiger partial charge in [-0.3, -0.25) is 0 Å². The van der Waals surface area contributed by atoms with Crippen molar-refractivity contribution in [2.45, 2.75) is 6.92 Å². The highest BCUT2D eigenvalue weighted by Crippen LogP contribution is 2.08. The molecule has 0 radical (unpaired) electrons. The number of pyridine rings is 1. The average Bonchev–Trinajstić information content (AvgIpc) is 2.28. The van der Waals surface area contributed by atoms with E-state index in [1.54, 1.807) is 0 Å². The maximum absolute atomic E-state index is 3.44. The number of hydrogen-bond acceptors (Lipinski definition) is 0. The lowest BCUT2D eigenvalue weighted by molar-refractivity contribution is -0.511. The van der Waals surface area contributed by atoms with Gasteiger partial charge in [0.05, 0.1) is 11.5 Å². The summed E-state index contributed by atoms with van der Waals surface area (Å²) in [7, 11) is 2.07. The molecule has 0 amide bonds. The topological polar surface area (TPSA) is 9.03 Å². The molecule has 0 unspecified atom stereocenters. The van der Waals surface area contributed by atoms with Crippen molar-refractivity contribution in [1.29, 1.82) is 0 Å². The van der Waals surface area contributed by atoms with E-state index in [-0.39, 0.29) is 0 Å². The molecule has 2 nitrogen and oxygen atoms in total. The van der Waals surface area contributed by atoms with Crippen molar-refractivity contribution >= 4 is 21.6 Å². The summed E-state index contributed by atoms with van der Waals surface area (Å²) in [5.41, 5.74) is 2.46. The summed E-state index contributed by atoms with van der Waals surface area (Å²) in [5.74, 6) is 0. The highest BCUT2D eigenvalue weighted by Gasteiger charge is 2.09. The van der Waals surface area contributed by atoms with Crippen molar-refractivity contribution in [1.82, 2.24) is 4.57 Å². The van der Waals surface area contributed by atoms with E-state index in [0.29, 0.717) is 0 Å². The van der Waals surface area contributed by atoms with E-state index in [1.807, 2.05) is 0 Å². The van der Waals surface area contributed by atoms with Crippen LogP contribution in [-0.2, 0) is 7.05 Å². The largest absolute Gasteiger partial charge is 0.286 e. The SMILES string of the molecule is Cc1c[n+]2cc(Br)ccc2n1C. The summed E-state index contributed by atoms with van der Waals surface area (Å²) in [6.45, 7) is 2.10. The Labute approximate surface area is 79.6 Å². The van der Waals surface area contributed by atoms with Crippen LogP contribution in [0.2, 0.25) is 0 Å². The van der Waals surface area contributed by atoms with Crippen LogP contribution < -0.4 is 4.40 Å². The predicted molar refractivity (Wildman–Crippen MR) is 51.0 cm³/mol. The van der Waals surface area contributed by atoms with Crippen LogP contribution in [0.3, 0.4) is 0 Å². The summed E-state index contributed by atoms with van der Waals surface area (Å²) in [6.07, 6.45) is 4.17. The van der Waals surface area contributed by atoms with Gasteiger partial charge < -0.3 is 0 Å². The molecule has 2 rings (SSSR count). The second kappa shape index (κ2) is 2.59. The quantitative estimate of drug-likeness (QED) is 0.606. The van der Waals surface area contributed by atoms with Gasteiger partial charge in [-0.25, -0.2) is 8.97 Å². The van der Waals surface area contributed by atoms with Crippen LogP contribution in [0, 0.1) is 6.92 Å². The summed E-state index contributed by atoms with van der Waals surface area (Å²) in [5, 5.41) is 0. The fourth-order valence-corrected chi connectivity index (χ4v) is 1.69. The van der Waals surface area contributed by atoms with Crippen LogP contribution in [-0.4, -0.2) is 4.57 Å². The number of nitrogens with zero attached hydrogens (tertiary/aromatic N) is 2. The first kappa shape index (κ1) is 7.80. The van der Waals surface area contributed by atoms with Gasteiger partial charge in [-0.15, -0.1) is 0 Å². The van der Waals surface area contributed by atoms with Crippen LogP contribution >= 0.6 is 15.9 Å². The zero-order valence-electron chi connectivity index (χ0n) is 7.08. The van der Waals surface area contributed by atoms with Gasteiger partial charge in [0.1, 0.15) is 18.1 Å². The van der Waals surface area contributed by atoms with Crippen molar-refractivity contribution in [2.24, 2.45) is 7.05 Å². The lowest BCUT2D eigenvalue weighted by atomic mass is 10.5. The number of rotatable bonds is 0. The first-order valence-corrected chi connectivity index (χ1v) is 4.60. The molecule has 0 saturated heterocycles. The van der Waals surface area contributed by atoms with Crippen molar-refractivity contribution in [2.75, 3.05) is 0 Å². The fourth-order valence-electron chi connectivity index (χ4n) is 1.34. The Morgan fingerprint density at radius 1 is 1.33 bits per heavy atom. The number of imidazole rings is 1. The van der Waals surface area contributed by atoms with Gasteiger partial charge in [0, 0.05) is 13.0 Å². The molecule has 62 valence electrons. The number of halogens is 1. The van der Waals surface area contributed by atoms with Gasteiger partial charge in [-0.05, 0) is 22.0 Å². The Morgan fingerprint density at radius 2 is 2.08 bits per heavy atom. The van der Waals surface area contributed by atoms with Crippen LogP contribution in [0.25, 0.3) is 5.65 Å². The minimum Gasteiger partial charge on any atom is -0.230 e. The van der Waals surface area contributed by atoms with Gasteiger partial charge >= 0.3 is 0 Å². The Kier molecular flexibility index (Phi) is 1.68. The van der Waals surface area contributed by atoms with Crippen molar-refractivity contribution in [3.8, 4) is 0 Å². The third-order valence-electron chi connectivity index (χ3n) is 2.12. The van der Waals surface area contributed by atoms with Crippen molar-refractivity contribution < 1.29 is 4.40 Å². The second-order valence-corrected chi connectivity index (χ2v) is 3.86. The summed E-state index contributed by atoms with van der Waals surface area (Å²) in [6, 6.07) is 4.14. The molecule has 0 saturated carbocycles. The predicted octanol–water partition coefficient (Wildman–Crippen LogP) is 1.83. The Morgan fingerprint density at radius 3 is 2.83 bits per heavy atom. The van der Waals surface area contributed by atoms with Gasteiger partial charge in [-0.1, -0.05) is 0 Å². The molecular formula is C9H10BrN2+. The average molecular weight is 226 g/mol. The van der Waals surface area contributed by atoms with E-state index in [1.165, 1.54) is 11.3 Å². The van der Waals surface area contributed by atoms with E-state index in [2.05, 4.69) is 63.4 Å². The smallest absolute Gasteiger partial charge is 0.230 e. The van der Waals surface area contributed by atoms with Crippen molar-refractivity contribution in [3.63, 3.8) is 0 Å². The Hall–Kier alpha value is -0.830. The van der Waals surface area contributed by atoms with Crippen LogP contribution in [0.5, 0.6) is 0 Å². The van der Waals surface area contributed by atoms with Crippen LogP contribution in [0.1, 0.15) is 5.69 Å². The molecule has 0 N–H and O–H groups in total. The second-order valence-electron chi connectivity index (χ2n) is 2.94. The first-order chi connectivity index (χ1) is 5.68. The molecule has 0 spiro atoms. The maximum atomic E-state index is 3.44. The molecule has 0 bridgehead atoms. The molecule has 0 aliphatic heterocycles. The minimum atomic E-state index is 1.10. The van der Waals surface area contributed by atoms with E-state index in [4.69, 9.17) is 0 Å². The third-order valence-corrected chi connectivity index (χ3v) is 2.59. The molecule has 12 heavy (non-hydrogen) atoms. The highest BCUT2D eigenvalue weighted by molar-refractivity contribution is 9.10. The molecule has 0 atom stereocenters. The minimum absolute atomic E-state index is 1.10. The number of fused-ring (bicyclic) bond motifs is 1. The van der Waals surface area contributed by atoms with Gasteiger partial charge in [-0.2, -0.15) is 0 Å². The Balaban J connectivity index is 2.87. The monoisotopic (exact) mass is 225 g/mol. The number of aryl methyl sites for hydroxylation is 2. The zero-order chi connectivity index (χ0) is 8.72. The number of aromatic nitrogens is 2. The van der Waals surface area contributed by atoms with E-state index in [0.717, 1.165) is 4.47 Å². The lowest BCUT2D eigenvalue weighted by Gasteiger charge is -1.89. The normalized spacial score (nSPS) is 10.9. The van der Waals surface area contributed by atoms with Gasteiger partial charge in [0.2, 0.25) is 0 Å². The first-order valence-electron chi connectivity index (χ1n) is 3.81. The Bertz CT molecular complexity index is 431. The zero-order valence-corrected chi connectivity index (χ0v) is 8.67. The van der Waals surface area contributed by atoms with E-state index < -0.39 is 0 Å². The number of hydrogen-bond donors (Lipinski definition) is 0. The van der Waals surface area contributed by atoms with E-state index in [9.17, 15) is 0 Å². The standard InChI is InChI=1S/C9H10BrN2/c1-7-5-12-6-8(10)3-4-9(12)11(7)2/h3-6H,1-2H3/q+1. The van der Waals surface area contributed by atoms with Crippen LogP contribution in [0.4, 0.5) is 0 Å². The third kappa shape index (κ3) is 1.05. The van der Waals surface area contributed by atoms with Gasteiger partial charge in [0.15, 0.2) is 0 Å². The summed E-state index contributed by atoms with van der Waals surface area (Å²) in [4.78, 5) is 0. The highest BCUT2D eigenvalue weighted by atomic mass is 79.9. The molecule has 2 aromatic heterocycles. The fraction of sp³-hybridized carbons (Fsp3) is 0.222. The molecule has 2 aromatic rings. The molecule has 0 aliphatic rings. The van der Waals surface area contributed by atoms with Crippen LogP contribution in [0.15, 0.2) is 29.0 Å². The molecular weight excluding hydrogens is 216 g/mol. The molecule has 2 heterocycles. The lowest BCUT2D eigenvalue weighted by Crippen LogP contribution is -2.18. The van der Waals surface area contributed by atoms with Crippen molar-refractivity contribution in [3.05, 3.63) is 34.7 Å². The maximum Gasteiger partial charge on any atom is 0.286 e. The molecule has 3 heteroatoms. The van der Waals surface area contributed by atoms with Gasteiger partial charge in [0.25, 0.3) is 5.65 Å².